The van der Waals surface area contributed by atoms with Gasteiger partial charge in [-0.1, -0.05) is 6.92 Å². The number of halogens is 1. The molecule has 26 heavy (non-hydrogen) atoms. The van der Waals surface area contributed by atoms with Crippen molar-refractivity contribution in [2.45, 2.75) is 60.6 Å². The molecule has 0 aliphatic rings. The van der Waals surface area contributed by atoms with Crippen molar-refractivity contribution < 1.29 is 44.6 Å². The summed E-state index contributed by atoms with van der Waals surface area (Å²) in [5.74, 6) is -0.867. The minimum Gasteiger partial charge on any atom is -0.467 e. The first-order chi connectivity index (χ1) is 11.8. The molecule has 0 fully saturated rings. The molecule has 5 unspecified atom stereocenters. The van der Waals surface area contributed by atoms with Crippen molar-refractivity contribution in [3.8, 4) is 0 Å². The zero-order valence-electron chi connectivity index (χ0n) is 15.1. The number of methoxy groups -OCH3 is 2. The van der Waals surface area contributed by atoms with Gasteiger partial charge in [-0.15, -0.1) is 0 Å². The van der Waals surface area contributed by atoms with Crippen LogP contribution in [0.3, 0.4) is 0 Å². The topological polar surface area (TPSA) is 142 Å². The van der Waals surface area contributed by atoms with Crippen LogP contribution in [-0.4, -0.2) is 69.1 Å². The average Bonchev–Trinajstić information content (AvgIpc) is 2.56. The van der Waals surface area contributed by atoms with Crippen LogP contribution in [0.5, 0.6) is 0 Å². The molecule has 0 aromatic rings. The molecule has 0 amide bonds. The van der Waals surface area contributed by atoms with Gasteiger partial charge in [-0.05, 0) is 49.3 Å². The van der Waals surface area contributed by atoms with E-state index in [1.165, 1.54) is 21.0 Å². The summed E-state index contributed by atoms with van der Waals surface area (Å²) < 4.78 is 66.4. The molecule has 5 atom stereocenters. The van der Waals surface area contributed by atoms with E-state index in [0.717, 1.165) is 7.11 Å². The Bertz CT molecular complexity index is 648. The van der Waals surface area contributed by atoms with Crippen molar-refractivity contribution in [2.75, 3.05) is 14.2 Å². The molecule has 0 aliphatic carbocycles. The number of rotatable bonds is 12. The summed E-state index contributed by atoms with van der Waals surface area (Å²) in [7, 11) is -6.15. The molecule has 0 aliphatic heterocycles. The van der Waals surface area contributed by atoms with Crippen LogP contribution in [0.1, 0.15) is 33.6 Å². The maximum Gasteiger partial charge on any atom is 0.336 e. The number of aliphatic hydroxyl groups excluding tert-OH is 1. The molecule has 0 aromatic carbocycles. The lowest BCUT2D eigenvalue weighted by Gasteiger charge is -2.23. The molecule has 10 nitrogen and oxygen atoms in total. The third kappa shape index (κ3) is 7.90. The van der Waals surface area contributed by atoms with Crippen LogP contribution in [0, 0.1) is 0 Å². The quantitative estimate of drug-likeness (QED) is 0.124. The fourth-order valence-corrected chi connectivity index (χ4v) is 5.70. The molecule has 0 rings (SSSR count). The first-order valence-electron chi connectivity index (χ1n) is 7.59. The zero-order valence-corrected chi connectivity index (χ0v) is 18.9. The van der Waals surface area contributed by atoms with Crippen LogP contribution in [0.2, 0.25) is 0 Å². The van der Waals surface area contributed by atoms with E-state index in [2.05, 4.69) is 9.47 Å². The third-order valence-electron chi connectivity index (χ3n) is 3.45. The Kier molecular flexibility index (Phi) is 11.0. The van der Waals surface area contributed by atoms with Crippen molar-refractivity contribution >= 4 is 48.8 Å². The van der Waals surface area contributed by atoms with E-state index >= 15 is 0 Å². The molecule has 0 heterocycles. The minimum absolute atomic E-state index is 0.0600. The molecule has 0 bridgehead atoms. The molecule has 0 spiro atoms. The van der Waals surface area contributed by atoms with E-state index in [9.17, 15) is 26.7 Å². The number of alkyl halides is 1. The Balaban J connectivity index is 5.16. The highest BCUT2D eigenvalue weighted by atomic mass is 127. The van der Waals surface area contributed by atoms with Crippen LogP contribution < -0.4 is 0 Å². The van der Waals surface area contributed by atoms with Gasteiger partial charge in [-0.25, -0.2) is 4.79 Å². The Hall–Kier alpha value is -0.0600. The van der Waals surface area contributed by atoms with E-state index in [1.807, 2.05) is 0 Å². The van der Waals surface area contributed by atoms with E-state index < -0.39 is 53.2 Å². The molecule has 156 valence electrons. The lowest BCUT2D eigenvalue weighted by molar-refractivity contribution is -0.147. The lowest BCUT2D eigenvalue weighted by Crippen LogP contribution is -2.36. The Morgan fingerprint density at radius 3 is 2.04 bits per heavy atom. The number of aliphatic hydroxyl groups is 1. The Morgan fingerprint density at radius 2 is 1.62 bits per heavy atom. The number of ether oxygens (including phenoxy) is 2. The fourth-order valence-electron chi connectivity index (χ4n) is 1.84. The normalized spacial score (nSPS) is 18.6. The molecular formula is C13H25IO10S2. The van der Waals surface area contributed by atoms with Crippen molar-refractivity contribution in [3.05, 3.63) is 0 Å². The summed E-state index contributed by atoms with van der Waals surface area (Å²) in [6, 6.07) is 0. The van der Waals surface area contributed by atoms with Crippen molar-refractivity contribution in [1.82, 2.24) is 0 Å². The van der Waals surface area contributed by atoms with Crippen LogP contribution in [0.15, 0.2) is 0 Å². The Morgan fingerprint density at radius 1 is 1.08 bits per heavy atom. The summed E-state index contributed by atoms with van der Waals surface area (Å²) in [6.07, 6.45) is -3.07. The summed E-state index contributed by atoms with van der Waals surface area (Å²) in [5, 5.41) is 7.04. The molecule has 0 radical (unpaired) electrons. The second-order valence-corrected chi connectivity index (χ2v) is 10.5. The van der Waals surface area contributed by atoms with Gasteiger partial charge in [0.2, 0.25) is 0 Å². The smallest absolute Gasteiger partial charge is 0.336 e. The molecule has 13 heteroatoms. The zero-order chi connectivity index (χ0) is 20.7. The number of esters is 1. The van der Waals surface area contributed by atoms with Gasteiger partial charge in [0.05, 0.1) is 17.6 Å². The summed E-state index contributed by atoms with van der Waals surface area (Å²) >= 11 is 1.54. The Labute approximate surface area is 167 Å². The third-order valence-corrected chi connectivity index (χ3v) is 8.22. The van der Waals surface area contributed by atoms with Gasteiger partial charge in [0.1, 0.15) is 0 Å². The van der Waals surface area contributed by atoms with E-state index in [1.54, 1.807) is 29.5 Å². The average molecular weight is 532 g/mol. The highest BCUT2D eigenvalue weighted by molar-refractivity contribution is 14.1. The number of carbonyl (C=O) groups excluding carboxylic acids is 1. The largest absolute Gasteiger partial charge is 0.467 e. The van der Waals surface area contributed by atoms with Gasteiger partial charge in [-0.3, -0.25) is 8.37 Å². The second-order valence-electron chi connectivity index (χ2n) is 5.40. The molecule has 1 N–H and O–H groups in total. The van der Waals surface area contributed by atoms with E-state index in [0.29, 0.717) is 0 Å². The van der Waals surface area contributed by atoms with Gasteiger partial charge < -0.3 is 14.6 Å². The standard InChI is InChI=1S/C13H25IO10S2/c1-6-10(26(19,20)23-9(3)12(15)21-4)7-8(2)25(17,18)24-11(14)13(16)22-5/h8-11,13,16H,6-7H2,1-5H3. The first-order valence-corrected chi connectivity index (χ1v) is 11.8. The van der Waals surface area contributed by atoms with Gasteiger partial charge in [0, 0.05) is 7.11 Å². The maximum absolute atomic E-state index is 12.3. The SMILES string of the molecule is CCC(CC(C)S(=O)(=O)OC(I)C(O)OC)S(=O)(=O)OC(C)C(=O)OC. The van der Waals surface area contributed by atoms with Crippen molar-refractivity contribution in [3.63, 3.8) is 0 Å². The predicted molar refractivity (Wildman–Crippen MR) is 100 cm³/mol. The highest BCUT2D eigenvalue weighted by Crippen LogP contribution is 2.23. The molecule has 0 aromatic heterocycles. The predicted octanol–water partition coefficient (Wildman–Crippen LogP) is 0.524. The second kappa shape index (κ2) is 11.1. The number of carbonyl (C=O) groups is 1. The van der Waals surface area contributed by atoms with Gasteiger partial charge in [-0.2, -0.15) is 16.8 Å². The lowest BCUT2D eigenvalue weighted by atomic mass is 10.2. The molecule has 0 saturated carbocycles. The summed E-state index contributed by atoms with van der Waals surface area (Å²) in [6.45, 7) is 4.04. The highest BCUT2D eigenvalue weighted by Gasteiger charge is 2.36. The number of hydrogen-bond donors (Lipinski definition) is 1. The maximum atomic E-state index is 12.3. The van der Waals surface area contributed by atoms with Crippen LogP contribution >= 0.6 is 22.6 Å². The summed E-state index contributed by atoms with van der Waals surface area (Å²) in [4.78, 5) is 11.3. The van der Waals surface area contributed by atoms with Gasteiger partial charge >= 0.3 is 5.97 Å². The van der Waals surface area contributed by atoms with Crippen LogP contribution in [0.4, 0.5) is 0 Å². The molecular weight excluding hydrogens is 507 g/mol. The monoisotopic (exact) mass is 532 g/mol. The molecule has 0 saturated heterocycles. The van der Waals surface area contributed by atoms with Gasteiger partial charge in [0.25, 0.3) is 20.2 Å². The van der Waals surface area contributed by atoms with Crippen LogP contribution in [0.25, 0.3) is 0 Å². The van der Waals surface area contributed by atoms with Gasteiger partial charge in [0.15, 0.2) is 16.5 Å². The minimum atomic E-state index is -4.23. The van der Waals surface area contributed by atoms with Crippen molar-refractivity contribution in [1.29, 1.82) is 0 Å². The first kappa shape index (κ1) is 25.9. The van der Waals surface area contributed by atoms with Crippen LogP contribution in [-0.2, 0) is 42.9 Å². The van der Waals surface area contributed by atoms with E-state index in [-0.39, 0.29) is 12.8 Å². The van der Waals surface area contributed by atoms with Crippen molar-refractivity contribution in [2.24, 2.45) is 0 Å². The fraction of sp³-hybridized carbons (Fsp3) is 0.923. The van der Waals surface area contributed by atoms with E-state index in [4.69, 9.17) is 8.37 Å². The summed E-state index contributed by atoms with van der Waals surface area (Å²) in [5.41, 5.74) is 0. The number of hydrogen-bond acceptors (Lipinski definition) is 10.